The Morgan fingerprint density at radius 3 is 2.79 bits per heavy atom. The minimum Gasteiger partial charge on any atom is -0.491 e. The van der Waals surface area contributed by atoms with E-state index in [1.165, 1.54) is 0 Å². The highest BCUT2D eigenvalue weighted by Crippen LogP contribution is 2.29. The van der Waals surface area contributed by atoms with Gasteiger partial charge in [-0.15, -0.1) is 0 Å². The van der Waals surface area contributed by atoms with Gasteiger partial charge in [0, 0.05) is 0 Å². The molecule has 0 spiro atoms. The van der Waals surface area contributed by atoms with Gasteiger partial charge in [0.25, 0.3) is 0 Å². The van der Waals surface area contributed by atoms with E-state index in [1.807, 2.05) is 25.1 Å². The Balaban J connectivity index is 2.75. The van der Waals surface area contributed by atoms with Crippen LogP contribution in [0.15, 0.2) is 18.2 Å². The average molecular weight is 266 g/mol. The van der Waals surface area contributed by atoms with Crippen molar-refractivity contribution in [1.82, 2.24) is 0 Å². The quantitative estimate of drug-likeness (QED) is 0.585. The molecular weight excluding hydrogens is 244 g/mol. The molecule has 0 radical (unpaired) electrons. The number of carbonyl (C=O) groups is 1. The number of anilines is 2. The zero-order chi connectivity index (χ0) is 14.3. The fraction of sp³-hybridized carbons (Fsp3) is 0.500. The molecule has 1 atom stereocenters. The second-order valence-electron chi connectivity index (χ2n) is 4.18. The molecular formula is C14H22N2O3. The van der Waals surface area contributed by atoms with Gasteiger partial charge < -0.3 is 20.5 Å². The van der Waals surface area contributed by atoms with E-state index in [2.05, 4.69) is 5.32 Å². The molecule has 19 heavy (non-hydrogen) atoms. The van der Waals surface area contributed by atoms with Crippen molar-refractivity contribution in [1.29, 1.82) is 0 Å². The van der Waals surface area contributed by atoms with E-state index < -0.39 is 6.04 Å². The standard InChI is InChI=1S/C14H22N2O3/c1-4-9-19-12-8-6-7-11(13(12)15)16-10(3)14(17)18-5-2/h6-8,10,16H,4-5,9,15H2,1-3H3. The lowest BCUT2D eigenvalue weighted by molar-refractivity contribution is -0.143. The van der Waals surface area contributed by atoms with Crippen LogP contribution >= 0.6 is 0 Å². The van der Waals surface area contributed by atoms with Gasteiger partial charge in [-0.1, -0.05) is 13.0 Å². The molecule has 0 saturated heterocycles. The van der Waals surface area contributed by atoms with E-state index in [0.717, 1.165) is 6.42 Å². The highest BCUT2D eigenvalue weighted by molar-refractivity contribution is 5.82. The van der Waals surface area contributed by atoms with Crippen molar-refractivity contribution in [2.24, 2.45) is 0 Å². The van der Waals surface area contributed by atoms with Crippen LogP contribution in [0.4, 0.5) is 11.4 Å². The van der Waals surface area contributed by atoms with Gasteiger partial charge in [0.1, 0.15) is 11.8 Å². The van der Waals surface area contributed by atoms with Gasteiger partial charge >= 0.3 is 5.97 Å². The van der Waals surface area contributed by atoms with Crippen LogP contribution in [0.25, 0.3) is 0 Å². The van der Waals surface area contributed by atoms with Gasteiger partial charge in [0.05, 0.1) is 24.6 Å². The Bertz CT molecular complexity index is 421. The van der Waals surface area contributed by atoms with E-state index in [1.54, 1.807) is 13.8 Å². The van der Waals surface area contributed by atoms with Crippen LogP contribution in [0.3, 0.4) is 0 Å². The SMILES string of the molecule is CCCOc1cccc(NC(C)C(=O)OCC)c1N. The van der Waals surface area contributed by atoms with Crippen LogP contribution in [-0.2, 0) is 9.53 Å². The molecule has 0 aliphatic carbocycles. The first-order valence-corrected chi connectivity index (χ1v) is 6.54. The van der Waals surface area contributed by atoms with Crippen LogP contribution < -0.4 is 15.8 Å². The third kappa shape index (κ3) is 4.35. The zero-order valence-corrected chi connectivity index (χ0v) is 11.7. The summed E-state index contributed by atoms with van der Waals surface area (Å²) in [6.07, 6.45) is 0.913. The minimum atomic E-state index is -0.455. The van der Waals surface area contributed by atoms with Gasteiger partial charge in [-0.05, 0) is 32.4 Å². The second kappa shape index (κ2) is 7.51. The smallest absolute Gasteiger partial charge is 0.328 e. The van der Waals surface area contributed by atoms with Gasteiger partial charge in [-0.3, -0.25) is 0 Å². The van der Waals surface area contributed by atoms with Gasteiger partial charge in [-0.25, -0.2) is 4.79 Å². The maximum atomic E-state index is 11.6. The number of nitrogens with one attached hydrogen (secondary N) is 1. The topological polar surface area (TPSA) is 73.6 Å². The lowest BCUT2D eigenvalue weighted by Crippen LogP contribution is -2.28. The maximum Gasteiger partial charge on any atom is 0.328 e. The van der Waals surface area contributed by atoms with Gasteiger partial charge in [0.2, 0.25) is 0 Å². The number of benzene rings is 1. The summed E-state index contributed by atoms with van der Waals surface area (Å²) in [5, 5.41) is 3.03. The van der Waals surface area contributed by atoms with Crippen molar-refractivity contribution >= 4 is 17.3 Å². The van der Waals surface area contributed by atoms with Crippen LogP contribution in [0.5, 0.6) is 5.75 Å². The van der Waals surface area contributed by atoms with Gasteiger partial charge in [0.15, 0.2) is 0 Å². The molecule has 0 aliphatic rings. The number of para-hydroxylation sites is 1. The summed E-state index contributed by atoms with van der Waals surface area (Å²) >= 11 is 0. The molecule has 0 saturated carbocycles. The monoisotopic (exact) mass is 266 g/mol. The first-order chi connectivity index (χ1) is 9.10. The summed E-state index contributed by atoms with van der Waals surface area (Å²) in [7, 11) is 0. The molecule has 0 bridgehead atoms. The lowest BCUT2D eigenvalue weighted by atomic mass is 10.2. The van der Waals surface area contributed by atoms with E-state index in [9.17, 15) is 4.79 Å². The zero-order valence-electron chi connectivity index (χ0n) is 11.7. The third-order valence-electron chi connectivity index (χ3n) is 2.54. The summed E-state index contributed by atoms with van der Waals surface area (Å²) in [5.41, 5.74) is 7.19. The maximum absolute atomic E-state index is 11.6. The molecule has 3 N–H and O–H groups in total. The number of rotatable bonds is 7. The molecule has 0 heterocycles. The Morgan fingerprint density at radius 2 is 2.16 bits per heavy atom. The fourth-order valence-electron chi connectivity index (χ4n) is 1.57. The average Bonchev–Trinajstić information content (AvgIpc) is 2.40. The van der Waals surface area contributed by atoms with Crippen molar-refractivity contribution in [2.45, 2.75) is 33.2 Å². The van der Waals surface area contributed by atoms with Crippen molar-refractivity contribution in [2.75, 3.05) is 24.3 Å². The largest absolute Gasteiger partial charge is 0.491 e. The van der Waals surface area contributed by atoms with Crippen LogP contribution in [0.1, 0.15) is 27.2 Å². The summed E-state index contributed by atoms with van der Waals surface area (Å²) in [6.45, 7) is 6.51. The van der Waals surface area contributed by atoms with E-state index in [-0.39, 0.29) is 5.97 Å². The molecule has 1 rings (SSSR count). The first-order valence-electron chi connectivity index (χ1n) is 6.54. The van der Waals surface area contributed by atoms with Crippen molar-refractivity contribution in [3.63, 3.8) is 0 Å². The molecule has 0 aliphatic heterocycles. The molecule has 106 valence electrons. The lowest BCUT2D eigenvalue weighted by Gasteiger charge is -2.17. The molecule has 0 aromatic heterocycles. The van der Waals surface area contributed by atoms with Crippen molar-refractivity contribution < 1.29 is 14.3 Å². The highest BCUT2D eigenvalue weighted by atomic mass is 16.5. The van der Waals surface area contributed by atoms with Crippen molar-refractivity contribution in [3.05, 3.63) is 18.2 Å². The molecule has 5 heteroatoms. The van der Waals surface area contributed by atoms with Crippen LogP contribution in [0.2, 0.25) is 0 Å². The Kier molecular flexibility index (Phi) is 5.99. The van der Waals surface area contributed by atoms with E-state index in [4.69, 9.17) is 15.2 Å². The number of hydrogen-bond donors (Lipinski definition) is 2. The van der Waals surface area contributed by atoms with Gasteiger partial charge in [-0.2, -0.15) is 0 Å². The number of ether oxygens (including phenoxy) is 2. The summed E-state index contributed by atoms with van der Waals surface area (Å²) in [4.78, 5) is 11.6. The number of carbonyl (C=O) groups excluding carboxylic acids is 1. The number of nitrogens with two attached hydrogens (primary N) is 1. The van der Waals surface area contributed by atoms with Crippen molar-refractivity contribution in [3.8, 4) is 5.75 Å². The van der Waals surface area contributed by atoms with Crippen LogP contribution in [0, 0.1) is 0 Å². The molecule has 1 aromatic carbocycles. The molecule has 0 amide bonds. The predicted molar refractivity (Wildman–Crippen MR) is 76.4 cm³/mol. The number of nitrogen functional groups attached to an aromatic ring is 1. The van der Waals surface area contributed by atoms with Crippen LogP contribution in [-0.4, -0.2) is 25.2 Å². The highest BCUT2D eigenvalue weighted by Gasteiger charge is 2.15. The third-order valence-corrected chi connectivity index (χ3v) is 2.54. The number of esters is 1. The molecule has 1 unspecified atom stereocenters. The number of hydrogen-bond acceptors (Lipinski definition) is 5. The van der Waals surface area contributed by atoms with E-state index >= 15 is 0 Å². The summed E-state index contributed by atoms with van der Waals surface area (Å²) < 4.78 is 10.5. The Labute approximate surface area is 114 Å². The summed E-state index contributed by atoms with van der Waals surface area (Å²) in [5.74, 6) is 0.324. The molecule has 5 nitrogen and oxygen atoms in total. The second-order valence-corrected chi connectivity index (χ2v) is 4.18. The Hall–Kier alpha value is -1.91. The molecule has 1 aromatic rings. The first kappa shape index (κ1) is 15.1. The normalized spacial score (nSPS) is 11.7. The van der Waals surface area contributed by atoms with E-state index in [0.29, 0.717) is 30.3 Å². The Morgan fingerprint density at radius 1 is 1.42 bits per heavy atom. The minimum absolute atomic E-state index is 0.304. The predicted octanol–water partition coefficient (Wildman–Crippen LogP) is 2.42. The summed E-state index contributed by atoms with van der Waals surface area (Å²) in [6, 6.07) is 5.00. The molecule has 0 fully saturated rings. The fourth-order valence-corrected chi connectivity index (χ4v) is 1.57.